The molecule has 0 aromatic carbocycles. The Hall–Kier alpha value is -2.28. The van der Waals surface area contributed by atoms with Crippen LogP contribution in [0.25, 0.3) is 0 Å². The molecule has 2 rings (SSSR count). The molecule has 0 unspecified atom stereocenters. The maximum absolute atomic E-state index is 12.2. The van der Waals surface area contributed by atoms with Gasteiger partial charge in [0.05, 0.1) is 25.1 Å². The number of halogens is 1. The van der Waals surface area contributed by atoms with Gasteiger partial charge in [-0.15, -0.1) is 0 Å². The van der Waals surface area contributed by atoms with Crippen molar-refractivity contribution < 1.29 is 14.3 Å². The van der Waals surface area contributed by atoms with Crippen LogP contribution in [-0.2, 0) is 9.47 Å². The molecule has 0 bridgehead atoms. The molecule has 1 aliphatic rings. The number of anilines is 1. The first kappa shape index (κ1) is 21.0. The fourth-order valence-corrected chi connectivity index (χ4v) is 3.02. The Balaban J connectivity index is 2.33. The number of methoxy groups -OCH3 is 1. The van der Waals surface area contributed by atoms with Crippen molar-refractivity contribution in [2.75, 3.05) is 32.6 Å². The van der Waals surface area contributed by atoms with E-state index in [0.717, 1.165) is 49.4 Å². The second kappa shape index (κ2) is 10.2. The first-order valence-corrected chi connectivity index (χ1v) is 9.55. The molecule has 8 heteroatoms. The Morgan fingerprint density at radius 2 is 2.19 bits per heavy atom. The molecule has 27 heavy (non-hydrogen) atoms. The molecular weight excluding hydrogens is 368 g/mol. The SMILES string of the molecule is CCCCN(C)C1=C(OC)C(Nc2nc(Cl)ncc2C(=O)OCC)=CCC1. The number of esters is 1. The van der Waals surface area contributed by atoms with Crippen LogP contribution >= 0.6 is 11.6 Å². The molecule has 0 radical (unpaired) electrons. The van der Waals surface area contributed by atoms with Gasteiger partial charge < -0.3 is 19.7 Å². The van der Waals surface area contributed by atoms with Crippen LogP contribution in [0.2, 0.25) is 5.28 Å². The molecule has 1 aliphatic carbocycles. The van der Waals surface area contributed by atoms with Gasteiger partial charge in [-0.2, -0.15) is 4.98 Å². The summed E-state index contributed by atoms with van der Waals surface area (Å²) in [6.45, 7) is 5.14. The standard InChI is InChI=1S/C19H27ClN4O3/c1-5-7-11-24(3)15-10-8-9-14(16(15)26-4)22-17-13(18(25)27-6-2)12-21-19(20)23-17/h9,12H,5-8,10-11H2,1-4H3,(H,21,22,23). The van der Waals surface area contributed by atoms with E-state index in [9.17, 15) is 4.79 Å². The Morgan fingerprint density at radius 3 is 2.85 bits per heavy atom. The van der Waals surface area contributed by atoms with E-state index in [1.807, 2.05) is 6.08 Å². The Kier molecular flexibility index (Phi) is 7.91. The number of allylic oxidation sites excluding steroid dienone is 2. The highest BCUT2D eigenvalue weighted by molar-refractivity contribution is 6.28. The molecule has 0 saturated carbocycles. The summed E-state index contributed by atoms with van der Waals surface area (Å²) in [5.41, 5.74) is 2.10. The van der Waals surface area contributed by atoms with Crippen LogP contribution in [-0.4, -0.2) is 48.1 Å². The quantitative estimate of drug-likeness (QED) is 0.501. The third-order valence-corrected chi connectivity index (χ3v) is 4.44. The van der Waals surface area contributed by atoms with Crippen molar-refractivity contribution in [3.05, 3.63) is 40.3 Å². The monoisotopic (exact) mass is 394 g/mol. The first-order valence-electron chi connectivity index (χ1n) is 9.17. The van der Waals surface area contributed by atoms with Gasteiger partial charge >= 0.3 is 5.97 Å². The normalized spacial score (nSPS) is 13.9. The van der Waals surface area contributed by atoms with Gasteiger partial charge in [-0.25, -0.2) is 9.78 Å². The van der Waals surface area contributed by atoms with Crippen LogP contribution in [0.4, 0.5) is 5.82 Å². The van der Waals surface area contributed by atoms with Gasteiger partial charge in [0.2, 0.25) is 5.28 Å². The van der Waals surface area contributed by atoms with E-state index in [2.05, 4.69) is 34.2 Å². The molecule has 1 heterocycles. The van der Waals surface area contributed by atoms with Gasteiger partial charge in [0.25, 0.3) is 0 Å². The van der Waals surface area contributed by atoms with Gasteiger partial charge in [0, 0.05) is 19.8 Å². The minimum Gasteiger partial charge on any atom is -0.493 e. The molecule has 0 aliphatic heterocycles. The van der Waals surface area contributed by atoms with Crippen molar-refractivity contribution in [2.45, 2.75) is 39.5 Å². The van der Waals surface area contributed by atoms with E-state index >= 15 is 0 Å². The number of carbonyl (C=O) groups is 1. The topological polar surface area (TPSA) is 76.6 Å². The summed E-state index contributed by atoms with van der Waals surface area (Å²) in [7, 11) is 3.71. The Morgan fingerprint density at radius 1 is 1.41 bits per heavy atom. The molecule has 0 fully saturated rings. The summed E-state index contributed by atoms with van der Waals surface area (Å²) in [5.74, 6) is 0.535. The van der Waals surface area contributed by atoms with Gasteiger partial charge in [0.1, 0.15) is 11.4 Å². The highest BCUT2D eigenvalue weighted by Crippen LogP contribution is 2.29. The van der Waals surface area contributed by atoms with E-state index in [1.165, 1.54) is 6.20 Å². The van der Waals surface area contributed by atoms with E-state index in [0.29, 0.717) is 5.82 Å². The lowest BCUT2D eigenvalue weighted by Crippen LogP contribution is -2.25. The molecule has 0 amide bonds. The number of ether oxygens (including phenoxy) is 2. The van der Waals surface area contributed by atoms with Gasteiger partial charge in [-0.1, -0.05) is 19.4 Å². The summed E-state index contributed by atoms with van der Waals surface area (Å²) < 4.78 is 10.8. The highest BCUT2D eigenvalue weighted by atomic mass is 35.5. The molecule has 1 aromatic rings. The predicted octanol–water partition coefficient (Wildman–Crippen LogP) is 3.99. The molecule has 1 N–H and O–H groups in total. The zero-order valence-electron chi connectivity index (χ0n) is 16.3. The maximum atomic E-state index is 12.2. The van der Waals surface area contributed by atoms with Crippen LogP contribution in [0.5, 0.6) is 0 Å². The van der Waals surface area contributed by atoms with Crippen LogP contribution < -0.4 is 5.32 Å². The van der Waals surface area contributed by atoms with Gasteiger partial charge in [-0.05, 0) is 37.8 Å². The number of unbranched alkanes of at least 4 members (excludes halogenated alkanes) is 1. The number of rotatable bonds is 9. The molecule has 7 nitrogen and oxygen atoms in total. The summed E-state index contributed by atoms with van der Waals surface area (Å²) in [4.78, 5) is 22.5. The number of nitrogens with one attached hydrogen (secondary N) is 1. The van der Waals surface area contributed by atoms with E-state index in [1.54, 1.807) is 14.0 Å². The first-order chi connectivity index (χ1) is 13.0. The van der Waals surface area contributed by atoms with Crippen molar-refractivity contribution in [2.24, 2.45) is 0 Å². The second-order valence-electron chi connectivity index (χ2n) is 6.16. The van der Waals surface area contributed by atoms with Gasteiger partial charge in [0.15, 0.2) is 5.76 Å². The molecule has 0 saturated heterocycles. The number of hydrogen-bond donors (Lipinski definition) is 1. The van der Waals surface area contributed by atoms with Gasteiger partial charge in [-0.3, -0.25) is 0 Å². The number of nitrogens with zero attached hydrogens (tertiary/aromatic N) is 3. The van der Waals surface area contributed by atoms with Crippen molar-refractivity contribution in [3.63, 3.8) is 0 Å². The lowest BCUT2D eigenvalue weighted by molar-refractivity contribution is 0.0526. The highest BCUT2D eigenvalue weighted by Gasteiger charge is 2.23. The lowest BCUT2D eigenvalue weighted by atomic mass is 10.0. The molecule has 0 atom stereocenters. The average molecular weight is 395 g/mol. The summed E-state index contributed by atoms with van der Waals surface area (Å²) in [6, 6.07) is 0. The smallest absolute Gasteiger partial charge is 0.343 e. The fourth-order valence-electron chi connectivity index (χ4n) is 2.89. The average Bonchev–Trinajstić information content (AvgIpc) is 2.66. The Bertz CT molecular complexity index is 734. The fraction of sp³-hybridized carbons (Fsp3) is 0.526. The summed E-state index contributed by atoms with van der Waals surface area (Å²) >= 11 is 5.94. The largest absolute Gasteiger partial charge is 0.493 e. The summed E-state index contributed by atoms with van der Waals surface area (Å²) in [6.07, 6.45) is 7.38. The minimum absolute atomic E-state index is 0.0465. The Labute approximate surface area is 165 Å². The lowest BCUT2D eigenvalue weighted by Gasteiger charge is -2.29. The maximum Gasteiger partial charge on any atom is 0.343 e. The second-order valence-corrected chi connectivity index (χ2v) is 6.50. The third-order valence-electron chi connectivity index (χ3n) is 4.26. The van der Waals surface area contributed by atoms with E-state index in [4.69, 9.17) is 21.1 Å². The summed E-state index contributed by atoms with van der Waals surface area (Å²) in [5, 5.41) is 3.23. The van der Waals surface area contributed by atoms with E-state index < -0.39 is 5.97 Å². The molecule has 0 spiro atoms. The minimum atomic E-state index is -0.503. The number of hydrogen-bond acceptors (Lipinski definition) is 7. The van der Waals surface area contributed by atoms with Crippen molar-refractivity contribution in [1.29, 1.82) is 0 Å². The van der Waals surface area contributed by atoms with Crippen molar-refractivity contribution >= 4 is 23.4 Å². The zero-order valence-corrected chi connectivity index (χ0v) is 17.1. The van der Waals surface area contributed by atoms with Crippen LogP contribution in [0.15, 0.2) is 29.4 Å². The van der Waals surface area contributed by atoms with Crippen LogP contribution in [0.3, 0.4) is 0 Å². The third kappa shape index (κ3) is 5.35. The van der Waals surface area contributed by atoms with Crippen LogP contribution in [0, 0.1) is 0 Å². The van der Waals surface area contributed by atoms with Crippen LogP contribution in [0.1, 0.15) is 49.9 Å². The molecular formula is C19H27ClN4O3. The van der Waals surface area contributed by atoms with E-state index in [-0.39, 0.29) is 17.5 Å². The number of aromatic nitrogens is 2. The zero-order chi connectivity index (χ0) is 19.8. The van der Waals surface area contributed by atoms with Crippen molar-refractivity contribution in [3.8, 4) is 0 Å². The van der Waals surface area contributed by atoms with Crippen molar-refractivity contribution in [1.82, 2.24) is 14.9 Å². The molecule has 148 valence electrons. The molecule has 1 aromatic heterocycles. The number of carbonyl (C=O) groups excluding carboxylic acids is 1. The predicted molar refractivity (Wildman–Crippen MR) is 106 cm³/mol.